The topological polar surface area (TPSA) is 54.5 Å². The van der Waals surface area contributed by atoms with Gasteiger partial charge in [-0.05, 0) is 20.8 Å². The van der Waals surface area contributed by atoms with Gasteiger partial charge in [0.25, 0.3) is 0 Å². The predicted octanol–water partition coefficient (Wildman–Crippen LogP) is 0.0419. The summed E-state index contributed by atoms with van der Waals surface area (Å²) in [5.74, 6) is -0.515. The number of sulfone groups is 1. The molecule has 1 amide bonds. The van der Waals surface area contributed by atoms with E-state index in [1.807, 2.05) is 20.8 Å². The van der Waals surface area contributed by atoms with E-state index in [2.05, 4.69) is 0 Å². The zero-order chi connectivity index (χ0) is 10.3. The third kappa shape index (κ3) is 2.43. The molecule has 0 saturated carbocycles. The zero-order valence-corrected chi connectivity index (χ0v) is 9.02. The van der Waals surface area contributed by atoms with Gasteiger partial charge in [0.05, 0.1) is 5.75 Å². The van der Waals surface area contributed by atoms with Crippen LogP contribution >= 0.6 is 0 Å². The Balaban J connectivity index is 2.82. The minimum absolute atomic E-state index is 0.0933. The first-order chi connectivity index (χ1) is 5.72. The fourth-order valence-electron chi connectivity index (χ4n) is 1.40. The third-order valence-electron chi connectivity index (χ3n) is 2.08. The highest BCUT2D eigenvalue weighted by atomic mass is 32.2. The van der Waals surface area contributed by atoms with Crippen LogP contribution in [0.1, 0.15) is 20.8 Å². The van der Waals surface area contributed by atoms with E-state index in [1.54, 1.807) is 4.90 Å². The lowest BCUT2D eigenvalue weighted by atomic mass is 10.1. The van der Waals surface area contributed by atoms with Crippen molar-refractivity contribution in [2.75, 3.05) is 18.1 Å². The summed E-state index contributed by atoms with van der Waals surface area (Å²) in [5.41, 5.74) is -0.271. The Hall–Kier alpha value is -0.580. The van der Waals surface area contributed by atoms with Crippen molar-refractivity contribution in [3.05, 3.63) is 0 Å². The monoisotopic (exact) mass is 205 g/mol. The van der Waals surface area contributed by atoms with E-state index in [1.165, 1.54) is 0 Å². The van der Waals surface area contributed by atoms with Gasteiger partial charge < -0.3 is 4.90 Å². The van der Waals surface area contributed by atoms with Crippen molar-refractivity contribution >= 4 is 15.7 Å². The van der Waals surface area contributed by atoms with Gasteiger partial charge in [-0.25, -0.2) is 8.42 Å². The highest BCUT2D eigenvalue weighted by Crippen LogP contribution is 2.17. The van der Waals surface area contributed by atoms with Crippen LogP contribution in [0.3, 0.4) is 0 Å². The first kappa shape index (κ1) is 10.5. The summed E-state index contributed by atoms with van der Waals surface area (Å²) in [6.45, 7) is 6.04. The van der Waals surface area contributed by atoms with Crippen molar-refractivity contribution in [2.24, 2.45) is 0 Å². The molecule has 1 saturated heterocycles. The van der Waals surface area contributed by atoms with Gasteiger partial charge in [-0.15, -0.1) is 0 Å². The van der Waals surface area contributed by atoms with E-state index in [-0.39, 0.29) is 23.0 Å². The number of carbonyl (C=O) groups excluding carboxylic acids is 1. The molecule has 0 aliphatic carbocycles. The van der Waals surface area contributed by atoms with Crippen molar-refractivity contribution in [2.45, 2.75) is 26.3 Å². The second kappa shape index (κ2) is 2.97. The Kier molecular flexibility index (Phi) is 2.40. The van der Waals surface area contributed by atoms with Crippen LogP contribution in [0.15, 0.2) is 0 Å². The van der Waals surface area contributed by atoms with Gasteiger partial charge in [0, 0.05) is 12.1 Å². The van der Waals surface area contributed by atoms with Gasteiger partial charge >= 0.3 is 0 Å². The van der Waals surface area contributed by atoms with Crippen LogP contribution in [0, 0.1) is 0 Å². The molecule has 76 valence electrons. The molecule has 1 aliphatic rings. The molecule has 13 heavy (non-hydrogen) atoms. The second-order valence-electron chi connectivity index (χ2n) is 4.31. The summed E-state index contributed by atoms with van der Waals surface area (Å²) in [5, 5.41) is 0. The fourth-order valence-corrected chi connectivity index (χ4v) is 2.54. The third-order valence-corrected chi connectivity index (χ3v) is 3.57. The van der Waals surface area contributed by atoms with Gasteiger partial charge in [-0.2, -0.15) is 0 Å². The number of rotatable bonds is 0. The molecule has 4 nitrogen and oxygen atoms in total. The Labute approximate surface area is 78.8 Å². The van der Waals surface area contributed by atoms with Gasteiger partial charge in [-0.1, -0.05) is 0 Å². The minimum atomic E-state index is -3.12. The quantitative estimate of drug-likeness (QED) is 0.561. The van der Waals surface area contributed by atoms with Crippen molar-refractivity contribution in [3.63, 3.8) is 0 Å². The highest BCUT2D eigenvalue weighted by molar-refractivity contribution is 7.92. The van der Waals surface area contributed by atoms with Crippen molar-refractivity contribution in [1.29, 1.82) is 0 Å². The van der Waals surface area contributed by atoms with Crippen LogP contribution in [-0.2, 0) is 14.6 Å². The largest absolute Gasteiger partial charge is 0.336 e. The molecule has 0 aromatic rings. The molecule has 1 heterocycles. The lowest BCUT2D eigenvalue weighted by Crippen LogP contribution is -2.53. The van der Waals surface area contributed by atoms with Crippen LogP contribution in [0.2, 0.25) is 0 Å². The van der Waals surface area contributed by atoms with Gasteiger partial charge in [0.2, 0.25) is 5.91 Å². The molecule has 0 aromatic carbocycles. The molecule has 1 aliphatic heterocycles. The second-order valence-corrected chi connectivity index (χ2v) is 6.49. The van der Waals surface area contributed by atoms with E-state index < -0.39 is 9.84 Å². The molecule has 5 heteroatoms. The molecule has 0 radical (unpaired) electrons. The first-order valence-electron chi connectivity index (χ1n) is 4.23. The molecule has 0 N–H and O–H groups in total. The number of nitrogens with zero attached hydrogens (tertiary/aromatic N) is 1. The first-order valence-corrected chi connectivity index (χ1v) is 6.05. The predicted molar refractivity (Wildman–Crippen MR) is 50.1 cm³/mol. The number of hydrogen-bond acceptors (Lipinski definition) is 3. The molecule has 0 atom stereocenters. The maximum Gasteiger partial charge on any atom is 0.238 e. The summed E-state index contributed by atoms with van der Waals surface area (Å²) >= 11 is 0. The highest BCUT2D eigenvalue weighted by Gasteiger charge is 2.34. The summed E-state index contributed by atoms with van der Waals surface area (Å²) < 4.78 is 22.2. The minimum Gasteiger partial charge on any atom is -0.336 e. The maximum atomic E-state index is 11.4. The standard InChI is InChI=1S/C8H15NO3S/c1-8(2,3)9-4-5-13(11,12)6-7(9)10/h4-6H2,1-3H3. The molecule has 0 unspecified atom stereocenters. The fraction of sp³-hybridized carbons (Fsp3) is 0.875. The van der Waals surface area contributed by atoms with Gasteiger partial charge in [0.15, 0.2) is 9.84 Å². The Bertz CT molecular complexity index is 313. The lowest BCUT2D eigenvalue weighted by Gasteiger charge is -2.38. The summed E-state index contributed by atoms with van der Waals surface area (Å²) in [6, 6.07) is 0. The average Bonchev–Trinajstić information content (AvgIpc) is 1.80. The van der Waals surface area contributed by atoms with Crippen LogP contribution in [0.4, 0.5) is 0 Å². The smallest absolute Gasteiger partial charge is 0.238 e. The van der Waals surface area contributed by atoms with Gasteiger partial charge in [-0.3, -0.25) is 4.79 Å². The Morgan fingerprint density at radius 1 is 1.31 bits per heavy atom. The average molecular weight is 205 g/mol. The maximum absolute atomic E-state index is 11.4. The van der Waals surface area contributed by atoms with Gasteiger partial charge in [0.1, 0.15) is 5.75 Å². The van der Waals surface area contributed by atoms with Crippen LogP contribution in [0.5, 0.6) is 0 Å². The molecule has 0 bridgehead atoms. The summed E-state index contributed by atoms with van der Waals surface area (Å²) in [7, 11) is -3.12. The Morgan fingerprint density at radius 2 is 1.85 bits per heavy atom. The Morgan fingerprint density at radius 3 is 2.23 bits per heavy atom. The van der Waals surface area contributed by atoms with Crippen molar-refractivity contribution in [3.8, 4) is 0 Å². The molecule has 0 aromatic heterocycles. The molecular formula is C8H15NO3S. The van der Waals surface area contributed by atoms with Crippen molar-refractivity contribution in [1.82, 2.24) is 4.90 Å². The van der Waals surface area contributed by atoms with Crippen molar-refractivity contribution < 1.29 is 13.2 Å². The van der Waals surface area contributed by atoms with Crippen LogP contribution in [-0.4, -0.2) is 42.8 Å². The summed E-state index contributed by atoms with van der Waals surface area (Å²) in [6.07, 6.45) is 0. The van der Waals surface area contributed by atoms with Crippen LogP contribution in [0.25, 0.3) is 0 Å². The number of hydrogen-bond donors (Lipinski definition) is 0. The van der Waals surface area contributed by atoms with E-state index in [9.17, 15) is 13.2 Å². The number of carbonyl (C=O) groups is 1. The molecule has 1 rings (SSSR count). The SMILES string of the molecule is CC(C)(C)N1CCS(=O)(=O)CC1=O. The number of amides is 1. The molecule has 0 spiro atoms. The molecular weight excluding hydrogens is 190 g/mol. The van der Waals surface area contributed by atoms with E-state index >= 15 is 0 Å². The van der Waals surface area contributed by atoms with E-state index in [0.717, 1.165) is 0 Å². The zero-order valence-electron chi connectivity index (χ0n) is 8.20. The lowest BCUT2D eigenvalue weighted by molar-refractivity contribution is -0.133. The summed E-state index contributed by atoms with van der Waals surface area (Å²) in [4.78, 5) is 13.0. The van der Waals surface area contributed by atoms with E-state index in [0.29, 0.717) is 6.54 Å². The normalized spacial score (nSPS) is 23.3. The van der Waals surface area contributed by atoms with E-state index in [4.69, 9.17) is 0 Å². The van der Waals surface area contributed by atoms with Crippen LogP contribution < -0.4 is 0 Å². The molecule has 1 fully saturated rings.